The molecule has 2 aromatic rings. The molecule has 1 aliphatic rings. The van der Waals surface area contributed by atoms with E-state index in [2.05, 4.69) is 5.32 Å². The first-order valence-electron chi connectivity index (χ1n) is 9.83. The maximum absolute atomic E-state index is 13.0. The zero-order chi connectivity index (χ0) is 26.6. The van der Waals surface area contributed by atoms with E-state index >= 15 is 0 Å². The minimum absolute atomic E-state index is 0.0280. The summed E-state index contributed by atoms with van der Waals surface area (Å²) in [6, 6.07) is 6.75. The average molecular weight is 545 g/mol. The smallest absolute Gasteiger partial charge is 0.416 e. The molecule has 0 aliphatic carbocycles. The number of benzene rings is 2. The first-order valence-corrected chi connectivity index (χ1v) is 11.0. The van der Waals surface area contributed by atoms with Gasteiger partial charge in [0.05, 0.1) is 28.3 Å². The number of anilines is 1. The van der Waals surface area contributed by atoms with Crippen LogP contribution in [-0.4, -0.2) is 53.3 Å². The third-order valence-corrected chi connectivity index (χ3v) is 5.78. The summed E-state index contributed by atoms with van der Waals surface area (Å²) < 4.78 is 49.0. The van der Waals surface area contributed by atoms with Crippen LogP contribution in [0.15, 0.2) is 41.3 Å². The second-order valence-electron chi connectivity index (χ2n) is 7.10. The van der Waals surface area contributed by atoms with Crippen LogP contribution in [0, 0.1) is 0 Å². The van der Waals surface area contributed by atoms with Crippen molar-refractivity contribution >= 4 is 58.1 Å². The first kappa shape index (κ1) is 26.9. The molecule has 0 bridgehead atoms. The number of amides is 3. The van der Waals surface area contributed by atoms with Crippen LogP contribution in [0.4, 0.5) is 23.7 Å². The molecule has 0 unspecified atom stereocenters. The van der Waals surface area contributed by atoms with Crippen molar-refractivity contribution in [3.63, 3.8) is 0 Å². The molecule has 14 heteroatoms. The number of methoxy groups -OCH3 is 1. The van der Waals surface area contributed by atoms with Crippen LogP contribution in [0.3, 0.4) is 0 Å². The highest BCUT2D eigenvalue weighted by atomic mass is 35.5. The Kier molecular flexibility index (Phi) is 8.15. The fraction of sp³-hybridized carbons (Fsp3) is 0.182. The van der Waals surface area contributed by atoms with Crippen LogP contribution in [0.1, 0.15) is 11.1 Å². The number of hydrogen-bond acceptors (Lipinski definition) is 7. The molecule has 9 nitrogen and oxygen atoms in total. The third-order valence-electron chi connectivity index (χ3n) is 4.58. The van der Waals surface area contributed by atoms with Crippen molar-refractivity contribution in [3.8, 4) is 11.5 Å². The zero-order valence-electron chi connectivity index (χ0n) is 18.2. The Morgan fingerprint density at radius 1 is 1.17 bits per heavy atom. The predicted octanol–water partition coefficient (Wildman–Crippen LogP) is 4.51. The Labute approximate surface area is 210 Å². The van der Waals surface area contributed by atoms with Crippen molar-refractivity contribution in [2.75, 3.05) is 25.6 Å². The molecule has 1 fully saturated rings. The van der Waals surface area contributed by atoms with Gasteiger partial charge in [0.2, 0.25) is 5.91 Å². The number of carboxylic acids is 1. The number of rotatable bonds is 8. The number of imide groups is 1. The fourth-order valence-corrected chi connectivity index (χ4v) is 4.05. The van der Waals surface area contributed by atoms with Gasteiger partial charge in [-0.05, 0) is 53.7 Å². The van der Waals surface area contributed by atoms with Crippen LogP contribution in [0.25, 0.3) is 6.08 Å². The molecule has 0 atom stereocenters. The van der Waals surface area contributed by atoms with Crippen LogP contribution in [0.2, 0.25) is 5.02 Å². The molecule has 0 spiro atoms. The lowest BCUT2D eigenvalue weighted by Gasteiger charge is -2.16. The maximum Gasteiger partial charge on any atom is 0.416 e. The summed E-state index contributed by atoms with van der Waals surface area (Å²) in [6.07, 6.45) is -3.32. The summed E-state index contributed by atoms with van der Waals surface area (Å²) in [5, 5.41) is 10.2. The maximum atomic E-state index is 13.0. The first-order chi connectivity index (χ1) is 16.9. The molecule has 0 radical (unpaired) electrons. The number of carbonyl (C=O) groups excluding carboxylic acids is 3. The second kappa shape index (κ2) is 10.9. The van der Waals surface area contributed by atoms with E-state index < -0.39 is 47.9 Å². The van der Waals surface area contributed by atoms with Gasteiger partial charge in [-0.2, -0.15) is 13.2 Å². The van der Waals surface area contributed by atoms with E-state index in [1.54, 1.807) is 0 Å². The van der Waals surface area contributed by atoms with Crippen LogP contribution >= 0.6 is 23.4 Å². The molecule has 190 valence electrons. The molecular formula is C22H16ClF3N2O7S. The molecule has 2 aromatic carbocycles. The zero-order valence-corrected chi connectivity index (χ0v) is 19.8. The van der Waals surface area contributed by atoms with Gasteiger partial charge in [-0.3, -0.25) is 19.3 Å². The van der Waals surface area contributed by atoms with Crippen molar-refractivity contribution in [1.82, 2.24) is 4.90 Å². The van der Waals surface area contributed by atoms with E-state index in [-0.39, 0.29) is 27.1 Å². The number of halogens is 4. The van der Waals surface area contributed by atoms with Crippen molar-refractivity contribution in [1.29, 1.82) is 0 Å². The molecule has 36 heavy (non-hydrogen) atoms. The SMILES string of the molecule is COc1ccc(C(F)(F)F)cc1NC(=O)CN1C(=O)S/C(=C\c2ccc(OCC(=O)O)c(Cl)c2)C1=O. The van der Waals surface area contributed by atoms with Gasteiger partial charge in [-0.15, -0.1) is 0 Å². The molecule has 1 aliphatic heterocycles. The van der Waals surface area contributed by atoms with Crippen molar-refractivity contribution in [2.45, 2.75) is 6.18 Å². The molecular weight excluding hydrogens is 529 g/mol. The molecule has 1 heterocycles. The van der Waals surface area contributed by atoms with Crippen molar-refractivity contribution in [3.05, 3.63) is 57.5 Å². The summed E-state index contributed by atoms with van der Waals surface area (Å²) in [6.45, 7) is -1.35. The van der Waals surface area contributed by atoms with E-state index in [9.17, 15) is 32.3 Å². The predicted molar refractivity (Wildman–Crippen MR) is 124 cm³/mol. The normalized spacial score (nSPS) is 14.8. The molecule has 0 saturated carbocycles. The number of nitrogens with zero attached hydrogens (tertiary/aromatic N) is 1. The number of nitrogens with one attached hydrogen (secondary N) is 1. The van der Waals surface area contributed by atoms with E-state index in [0.29, 0.717) is 28.3 Å². The van der Waals surface area contributed by atoms with Crippen molar-refractivity contribution in [2.24, 2.45) is 0 Å². The highest BCUT2D eigenvalue weighted by Crippen LogP contribution is 2.36. The van der Waals surface area contributed by atoms with Gasteiger partial charge in [-0.25, -0.2) is 4.79 Å². The summed E-state index contributed by atoms with van der Waals surface area (Å²) >= 11 is 6.61. The second-order valence-corrected chi connectivity index (χ2v) is 8.50. The fourth-order valence-electron chi connectivity index (χ4n) is 2.97. The Balaban J connectivity index is 1.72. The van der Waals surface area contributed by atoms with Crippen molar-refractivity contribution < 1.29 is 46.9 Å². The third kappa shape index (κ3) is 6.49. The van der Waals surface area contributed by atoms with Gasteiger partial charge in [0, 0.05) is 0 Å². The van der Waals surface area contributed by atoms with Gasteiger partial charge in [0.25, 0.3) is 11.1 Å². The summed E-state index contributed by atoms with van der Waals surface area (Å²) in [7, 11) is 1.20. The summed E-state index contributed by atoms with van der Waals surface area (Å²) in [5.74, 6) is -2.85. The number of carboxylic acid groups (broad SMARTS) is 1. The molecule has 1 saturated heterocycles. The van der Waals surface area contributed by atoms with Crippen LogP contribution in [0.5, 0.6) is 11.5 Å². The Morgan fingerprint density at radius 3 is 2.47 bits per heavy atom. The van der Waals surface area contributed by atoms with Gasteiger partial charge in [0.15, 0.2) is 6.61 Å². The number of thioether (sulfide) groups is 1. The number of carbonyl (C=O) groups is 4. The monoisotopic (exact) mass is 544 g/mol. The van der Waals surface area contributed by atoms with Crippen LogP contribution in [-0.2, 0) is 20.6 Å². The van der Waals surface area contributed by atoms with Gasteiger partial charge < -0.3 is 19.9 Å². The van der Waals surface area contributed by atoms with E-state index in [1.807, 2.05) is 0 Å². The molecule has 3 rings (SSSR count). The quantitative estimate of drug-likeness (QED) is 0.466. The Morgan fingerprint density at radius 2 is 1.86 bits per heavy atom. The highest BCUT2D eigenvalue weighted by molar-refractivity contribution is 8.18. The molecule has 0 aromatic heterocycles. The minimum Gasteiger partial charge on any atom is -0.495 e. The average Bonchev–Trinajstić information content (AvgIpc) is 3.05. The minimum atomic E-state index is -4.66. The Bertz CT molecular complexity index is 1270. The molecule has 2 N–H and O–H groups in total. The summed E-state index contributed by atoms with van der Waals surface area (Å²) in [5.41, 5.74) is -0.906. The highest BCUT2D eigenvalue weighted by Gasteiger charge is 2.37. The van der Waals surface area contributed by atoms with Gasteiger partial charge >= 0.3 is 12.1 Å². The number of aliphatic carboxylic acids is 1. The standard InChI is InChI=1S/C22H16ClF3N2O7S/c1-34-16-5-3-12(22(24,25)26)8-14(16)27-18(29)9-28-20(32)17(36-21(28)33)7-11-2-4-15(13(23)6-11)35-10-19(30)31/h2-8H,9-10H2,1H3,(H,27,29)(H,30,31)/b17-7-. The lowest BCUT2D eigenvalue weighted by atomic mass is 10.1. The number of hydrogen-bond donors (Lipinski definition) is 2. The van der Waals surface area contributed by atoms with E-state index in [1.165, 1.54) is 31.4 Å². The van der Waals surface area contributed by atoms with Crippen LogP contribution < -0.4 is 14.8 Å². The molecule has 3 amide bonds. The lowest BCUT2D eigenvalue weighted by Crippen LogP contribution is -2.36. The largest absolute Gasteiger partial charge is 0.495 e. The topological polar surface area (TPSA) is 122 Å². The number of ether oxygens (including phenoxy) is 2. The number of alkyl halides is 3. The van der Waals surface area contributed by atoms with Gasteiger partial charge in [0.1, 0.15) is 18.0 Å². The summed E-state index contributed by atoms with van der Waals surface area (Å²) in [4.78, 5) is 48.7. The van der Waals surface area contributed by atoms with E-state index in [4.69, 9.17) is 26.2 Å². The lowest BCUT2D eigenvalue weighted by molar-refractivity contribution is -0.139. The van der Waals surface area contributed by atoms with E-state index in [0.717, 1.165) is 12.1 Å². The Hall–Kier alpha value is -3.71. The van der Waals surface area contributed by atoms with Gasteiger partial charge in [-0.1, -0.05) is 17.7 Å².